The predicted molar refractivity (Wildman–Crippen MR) is 87.5 cm³/mol. The summed E-state index contributed by atoms with van der Waals surface area (Å²) in [5, 5.41) is 6.57. The molecule has 0 fully saturated rings. The van der Waals surface area contributed by atoms with E-state index in [0.717, 1.165) is 12.5 Å². The first kappa shape index (κ1) is 16.9. The van der Waals surface area contributed by atoms with Crippen molar-refractivity contribution in [2.75, 3.05) is 26.5 Å². The zero-order valence-electron chi connectivity index (χ0n) is 12.8. The Morgan fingerprint density at radius 1 is 1.35 bits per heavy atom. The fourth-order valence-electron chi connectivity index (χ4n) is 1.75. The maximum atomic E-state index is 5.12. The van der Waals surface area contributed by atoms with Crippen molar-refractivity contribution in [3.8, 4) is 0 Å². The lowest BCUT2D eigenvalue weighted by atomic mass is 10.2. The first-order valence-corrected chi connectivity index (χ1v) is 8.08. The molecule has 1 aromatic rings. The minimum absolute atomic E-state index is 0.233. The Balaban J connectivity index is 2.60. The summed E-state index contributed by atoms with van der Waals surface area (Å²) in [5.41, 5.74) is 1.21. The van der Waals surface area contributed by atoms with Crippen molar-refractivity contribution in [3.05, 3.63) is 29.8 Å². The summed E-state index contributed by atoms with van der Waals surface area (Å²) >= 11 is 1.75. The molecule has 0 aromatic heterocycles. The first-order chi connectivity index (χ1) is 9.69. The van der Waals surface area contributed by atoms with Gasteiger partial charge in [-0.3, -0.25) is 0 Å². The number of thioether (sulfide) groups is 1. The molecule has 0 amide bonds. The van der Waals surface area contributed by atoms with Gasteiger partial charge in [-0.25, -0.2) is 4.99 Å². The van der Waals surface area contributed by atoms with Crippen LogP contribution in [0.2, 0.25) is 0 Å². The Labute approximate surface area is 126 Å². The largest absolute Gasteiger partial charge is 0.383 e. The summed E-state index contributed by atoms with van der Waals surface area (Å²) in [5.74, 6) is 0.825. The fourth-order valence-corrected chi connectivity index (χ4v) is 2.15. The molecule has 0 saturated carbocycles. The number of rotatable bonds is 7. The second-order valence-electron chi connectivity index (χ2n) is 4.54. The van der Waals surface area contributed by atoms with Crippen LogP contribution >= 0.6 is 11.8 Å². The highest BCUT2D eigenvalue weighted by molar-refractivity contribution is 7.98. The molecule has 0 aliphatic carbocycles. The number of aliphatic imine (C=N–C) groups is 1. The van der Waals surface area contributed by atoms with Gasteiger partial charge in [0, 0.05) is 24.6 Å². The van der Waals surface area contributed by atoms with Crippen molar-refractivity contribution in [2.45, 2.75) is 31.3 Å². The van der Waals surface area contributed by atoms with Crippen LogP contribution in [0.5, 0.6) is 0 Å². The third kappa shape index (κ3) is 6.30. The van der Waals surface area contributed by atoms with E-state index in [4.69, 9.17) is 4.74 Å². The molecule has 0 aliphatic heterocycles. The normalized spacial score (nSPS) is 13.1. The number of methoxy groups -OCH3 is 1. The summed E-state index contributed by atoms with van der Waals surface area (Å²) in [7, 11) is 1.70. The van der Waals surface area contributed by atoms with Crippen LogP contribution in [-0.4, -0.2) is 38.5 Å². The van der Waals surface area contributed by atoms with Gasteiger partial charge in [0.05, 0.1) is 13.2 Å². The number of guanidine groups is 1. The second-order valence-corrected chi connectivity index (χ2v) is 5.42. The van der Waals surface area contributed by atoms with Crippen LogP contribution in [0.1, 0.15) is 19.4 Å². The van der Waals surface area contributed by atoms with E-state index in [2.05, 4.69) is 60.0 Å². The van der Waals surface area contributed by atoms with Gasteiger partial charge in [0.2, 0.25) is 0 Å². The van der Waals surface area contributed by atoms with Gasteiger partial charge in [-0.1, -0.05) is 12.1 Å². The minimum atomic E-state index is 0.233. The number of ether oxygens (including phenoxy) is 1. The molecular formula is C15H25N3OS. The summed E-state index contributed by atoms with van der Waals surface area (Å²) in [4.78, 5) is 5.87. The van der Waals surface area contributed by atoms with Gasteiger partial charge in [0.15, 0.2) is 5.96 Å². The zero-order chi connectivity index (χ0) is 14.8. The molecule has 0 bridgehead atoms. The van der Waals surface area contributed by atoms with E-state index in [1.54, 1.807) is 18.9 Å². The monoisotopic (exact) mass is 295 g/mol. The average Bonchev–Trinajstić information content (AvgIpc) is 2.46. The molecule has 2 N–H and O–H groups in total. The van der Waals surface area contributed by atoms with Crippen LogP contribution in [0.4, 0.5) is 0 Å². The quantitative estimate of drug-likeness (QED) is 0.461. The molecule has 5 heteroatoms. The smallest absolute Gasteiger partial charge is 0.191 e. The van der Waals surface area contributed by atoms with E-state index in [0.29, 0.717) is 13.2 Å². The summed E-state index contributed by atoms with van der Waals surface area (Å²) < 4.78 is 5.12. The van der Waals surface area contributed by atoms with Crippen LogP contribution in [-0.2, 0) is 11.3 Å². The lowest BCUT2D eigenvalue weighted by molar-refractivity contribution is 0.179. The Morgan fingerprint density at radius 2 is 2.05 bits per heavy atom. The molecule has 1 aromatic carbocycles. The van der Waals surface area contributed by atoms with Crippen molar-refractivity contribution in [1.82, 2.24) is 10.6 Å². The minimum Gasteiger partial charge on any atom is -0.383 e. The summed E-state index contributed by atoms with van der Waals surface area (Å²) in [6.45, 7) is 6.31. The van der Waals surface area contributed by atoms with Gasteiger partial charge in [-0.2, -0.15) is 0 Å². The van der Waals surface area contributed by atoms with E-state index in [1.165, 1.54) is 10.5 Å². The highest BCUT2D eigenvalue weighted by Gasteiger charge is 2.04. The third-order valence-corrected chi connectivity index (χ3v) is 3.47. The molecule has 0 radical (unpaired) electrons. The van der Waals surface area contributed by atoms with Gasteiger partial charge in [0.1, 0.15) is 0 Å². The van der Waals surface area contributed by atoms with Gasteiger partial charge in [0.25, 0.3) is 0 Å². The second kappa shape index (κ2) is 9.66. The fraction of sp³-hybridized carbons (Fsp3) is 0.533. The van der Waals surface area contributed by atoms with Crippen molar-refractivity contribution in [1.29, 1.82) is 0 Å². The molecule has 0 heterocycles. The maximum Gasteiger partial charge on any atom is 0.191 e. The summed E-state index contributed by atoms with van der Waals surface area (Å²) in [6, 6.07) is 8.73. The summed E-state index contributed by atoms with van der Waals surface area (Å²) in [6.07, 6.45) is 2.08. The van der Waals surface area contributed by atoms with Gasteiger partial charge < -0.3 is 15.4 Å². The predicted octanol–water partition coefficient (Wildman–Crippen LogP) is 2.50. The van der Waals surface area contributed by atoms with Crippen molar-refractivity contribution >= 4 is 17.7 Å². The molecule has 1 rings (SSSR count). The maximum absolute atomic E-state index is 5.12. The molecule has 112 valence electrons. The average molecular weight is 295 g/mol. The molecule has 1 unspecified atom stereocenters. The van der Waals surface area contributed by atoms with Crippen molar-refractivity contribution in [3.63, 3.8) is 0 Å². The topological polar surface area (TPSA) is 45.7 Å². The number of nitrogens with zero attached hydrogens (tertiary/aromatic N) is 1. The van der Waals surface area contributed by atoms with E-state index < -0.39 is 0 Å². The molecule has 0 saturated heterocycles. The number of hydrogen-bond donors (Lipinski definition) is 2. The molecule has 0 aliphatic rings. The Morgan fingerprint density at radius 3 is 2.60 bits per heavy atom. The van der Waals surface area contributed by atoms with E-state index >= 15 is 0 Å². The zero-order valence-corrected chi connectivity index (χ0v) is 13.6. The Bertz CT molecular complexity index is 406. The number of benzene rings is 1. The van der Waals surface area contributed by atoms with Gasteiger partial charge in [-0.15, -0.1) is 11.8 Å². The van der Waals surface area contributed by atoms with Gasteiger partial charge >= 0.3 is 0 Å². The molecule has 0 spiro atoms. The van der Waals surface area contributed by atoms with Crippen LogP contribution in [0.25, 0.3) is 0 Å². The number of hydrogen-bond acceptors (Lipinski definition) is 3. The highest BCUT2D eigenvalue weighted by atomic mass is 32.2. The molecular weight excluding hydrogens is 270 g/mol. The standard InChI is InChI=1S/C15H25N3OS/c1-5-16-15(18-12(2)11-19-3)17-10-13-6-8-14(20-4)9-7-13/h6-9,12H,5,10-11H2,1-4H3,(H2,16,17,18). The molecule has 4 nitrogen and oxygen atoms in total. The van der Waals surface area contributed by atoms with Crippen LogP contribution in [0.3, 0.4) is 0 Å². The first-order valence-electron chi connectivity index (χ1n) is 6.86. The Kier molecular flexibility index (Phi) is 8.14. The SMILES string of the molecule is CCNC(=NCc1ccc(SC)cc1)NC(C)COC. The van der Waals surface area contributed by atoms with E-state index in [9.17, 15) is 0 Å². The number of nitrogens with one attached hydrogen (secondary N) is 2. The highest BCUT2D eigenvalue weighted by Crippen LogP contribution is 2.15. The van der Waals surface area contributed by atoms with Crippen molar-refractivity contribution in [2.24, 2.45) is 4.99 Å². The van der Waals surface area contributed by atoms with Crippen molar-refractivity contribution < 1.29 is 4.74 Å². The lowest BCUT2D eigenvalue weighted by Gasteiger charge is -2.17. The molecule has 20 heavy (non-hydrogen) atoms. The van der Waals surface area contributed by atoms with Crippen LogP contribution in [0, 0.1) is 0 Å². The van der Waals surface area contributed by atoms with E-state index in [1.807, 2.05) is 0 Å². The Hall–Kier alpha value is -1.20. The van der Waals surface area contributed by atoms with Crippen LogP contribution in [0.15, 0.2) is 34.2 Å². The van der Waals surface area contributed by atoms with E-state index in [-0.39, 0.29) is 6.04 Å². The lowest BCUT2D eigenvalue weighted by Crippen LogP contribution is -2.43. The van der Waals surface area contributed by atoms with Crippen LogP contribution < -0.4 is 10.6 Å². The van der Waals surface area contributed by atoms with Gasteiger partial charge in [-0.05, 0) is 37.8 Å². The molecule has 1 atom stereocenters. The third-order valence-electron chi connectivity index (χ3n) is 2.72.